The van der Waals surface area contributed by atoms with Gasteiger partial charge in [-0.15, -0.1) is 0 Å². The van der Waals surface area contributed by atoms with Gasteiger partial charge in [0.2, 0.25) is 11.8 Å². The number of amides is 2. The monoisotopic (exact) mass is 407 g/mol. The third-order valence-corrected chi connectivity index (χ3v) is 6.25. The van der Waals surface area contributed by atoms with Crippen molar-refractivity contribution in [1.29, 1.82) is 0 Å². The first-order valence-corrected chi connectivity index (χ1v) is 11.2. The Morgan fingerprint density at radius 2 is 1.83 bits per heavy atom. The average Bonchev–Trinajstić information content (AvgIpc) is 3.64. The van der Waals surface area contributed by atoms with Crippen molar-refractivity contribution in [2.24, 2.45) is 18.9 Å². The quantitative estimate of drug-likeness (QED) is 0.635. The second kappa shape index (κ2) is 8.66. The van der Waals surface area contributed by atoms with Crippen LogP contribution in [0.15, 0.2) is 48.7 Å². The summed E-state index contributed by atoms with van der Waals surface area (Å²) in [5, 5.41) is 0. The van der Waals surface area contributed by atoms with Crippen molar-refractivity contribution in [2.75, 3.05) is 13.1 Å². The molecule has 0 unspecified atom stereocenters. The minimum Gasteiger partial charge on any atom is -0.353 e. The van der Waals surface area contributed by atoms with Crippen molar-refractivity contribution in [1.82, 2.24) is 14.4 Å². The molecule has 1 aromatic carbocycles. The van der Waals surface area contributed by atoms with E-state index in [0.717, 1.165) is 25.0 Å². The van der Waals surface area contributed by atoms with Gasteiger partial charge >= 0.3 is 0 Å². The number of carbonyl (C=O) groups excluding carboxylic acids is 2. The molecular weight excluding hydrogens is 374 g/mol. The van der Waals surface area contributed by atoms with E-state index in [1.54, 1.807) is 0 Å². The number of hydrogen-bond acceptors (Lipinski definition) is 2. The Labute approximate surface area is 179 Å². The molecule has 0 radical (unpaired) electrons. The van der Waals surface area contributed by atoms with Gasteiger partial charge in [0.15, 0.2) is 0 Å². The molecule has 0 N–H and O–H groups in total. The second-order valence-electron chi connectivity index (χ2n) is 9.34. The van der Waals surface area contributed by atoms with Crippen LogP contribution in [0.5, 0.6) is 0 Å². The smallest absolute Gasteiger partial charge is 0.242 e. The van der Waals surface area contributed by atoms with Crippen LogP contribution < -0.4 is 0 Å². The number of benzene rings is 1. The van der Waals surface area contributed by atoms with Crippen LogP contribution >= 0.6 is 0 Å². The van der Waals surface area contributed by atoms with Crippen LogP contribution in [0, 0.1) is 11.8 Å². The fourth-order valence-electron chi connectivity index (χ4n) is 4.34. The van der Waals surface area contributed by atoms with E-state index in [9.17, 15) is 9.59 Å². The van der Waals surface area contributed by atoms with Crippen molar-refractivity contribution < 1.29 is 9.59 Å². The molecule has 0 bridgehead atoms. The van der Waals surface area contributed by atoms with Gasteiger partial charge in [-0.2, -0.15) is 0 Å². The lowest BCUT2D eigenvalue weighted by Gasteiger charge is -2.29. The van der Waals surface area contributed by atoms with Crippen molar-refractivity contribution in [2.45, 2.75) is 51.6 Å². The van der Waals surface area contributed by atoms with Crippen LogP contribution in [0.1, 0.15) is 50.3 Å². The number of aromatic nitrogens is 1. The fraction of sp³-hybridized carbons (Fsp3) is 0.520. The van der Waals surface area contributed by atoms with Crippen molar-refractivity contribution in [3.63, 3.8) is 0 Å². The molecule has 0 saturated heterocycles. The molecule has 5 heteroatoms. The number of nitrogens with zero attached hydrogens (tertiary/aromatic N) is 3. The van der Waals surface area contributed by atoms with Crippen LogP contribution in [-0.4, -0.2) is 45.3 Å². The standard InChI is InChI=1S/C25H33N3O2/c1-18(2)15-27(25(30)23-14-22(23)19-8-5-4-6-9-19)17-24(29)28(20-11-12-20)16-21-10-7-13-26(21)3/h4-10,13,18,20,22-23H,11-12,14-17H2,1-3H3/t22-,23-/m0/s1. The molecule has 0 aliphatic heterocycles. The average molecular weight is 408 g/mol. The van der Waals surface area contributed by atoms with Gasteiger partial charge in [0.1, 0.15) is 0 Å². The summed E-state index contributed by atoms with van der Waals surface area (Å²) in [6, 6.07) is 14.7. The van der Waals surface area contributed by atoms with Gasteiger partial charge < -0.3 is 14.4 Å². The first-order valence-electron chi connectivity index (χ1n) is 11.2. The van der Waals surface area contributed by atoms with E-state index in [-0.39, 0.29) is 24.3 Å². The summed E-state index contributed by atoms with van der Waals surface area (Å²) < 4.78 is 2.06. The van der Waals surface area contributed by atoms with Gasteiger partial charge in [0.25, 0.3) is 0 Å². The van der Waals surface area contributed by atoms with Gasteiger partial charge in [0.05, 0.1) is 13.1 Å². The normalized spacial score (nSPS) is 20.3. The summed E-state index contributed by atoms with van der Waals surface area (Å²) in [5.41, 5.74) is 2.36. The van der Waals surface area contributed by atoms with Gasteiger partial charge in [-0.05, 0) is 48.8 Å². The van der Waals surface area contributed by atoms with E-state index in [1.807, 2.05) is 47.3 Å². The van der Waals surface area contributed by atoms with E-state index in [0.29, 0.717) is 31.0 Å². The third-order valence-electron chi connectivity index (χ3n) is 6.25. The van der Waals surface area contributed by atoms with Crippen LogP contribution in [0.2, 0.25) is 0 Å². The van der Waals surface area contributed by atoms with Crippen LogP contribution in [-0.2, 0) is 23.2 Å². The lowest BCUT2D eigenvalue weighted by Crippen LogP contribution is -2.45. The molecule has 4 rings (SSSR count). The van der Waals surface area contributed by atoms with E-state index in [4.69, 9.17) is 0 Å². The minimum absolute atomic E-state index is 0.0150. The zero-order chi connectivity index (χ0) is 21.3. The highest BCUT2D eigenvalue weighted by atomic mass is 16.2. The Bertz CT molecular complexity index is 885. The Kier molecular flexibility index (Phi) is 5.98. The molecule has 2 atom stereocenters. The molecule has 0 spiro atoms. The number of aryl methyl sites for hydroxylation is 1. The third kappa shape index (κ3) is 4.77. The maximum Gasteiger partial charge on any atom is 0.242 e. The molecule has 1 aromatic heterocycles. The molecule has 2 amide bonds. The van der Waals surface area contributed by atoms with E-state index in [1.165, 1.54) is 5.56 Å². The first-order chi connectivity index (χ1) is 14.4. The van der Waals surface area contributed by atoms with E-state index < -0.39 is 0 Å². The zero-order valence-electron chi connectivity index (χ0n) is 18.3. The predicted octanol–water partition coefficient (Wildman–Crippen LogP) is 3.80. The summed E-state index contributed by atoms with van der Waals surface area (Å²) in [4.78, 5) is 30.4. The van der Waals surface area contributed by atoms with Gasteiger partial charge in [-0.25, -0.2) is 0 Å². The number of rotatable bonds is 9. The maximum absolute atomic E-state index is 13.3. The van der Waals surface area contributed by atoms with E-state index in [2.05, 4.69) is 36.6 Å². The van der Waals surface area contributed by atoms with Crippen LogP contribution in [0.4, 0.5) is 0 Å². The minimum atomic E-state index is 0.0150. The molecular formula is C25H33N3O2. The number of carbonyl (C=O) groups is 2. The predicted molar refractivity (Wildman–Crippen MR) is 118 cm³/mol. The molecule has 1 heterocycles. The van der Waals surface area contributed by atoms with E-state index >= 15 is 0 Å². The van der Waals surface area contributed by atoms with Crippen LogP contribution in [0.3, 0.4) is 0 Å². The lowest BCUT2D eigenvalue weighted by atomic mass is 10.1. The number of hydrogen-bond donors (Lipinski definition) is 0. The highest BCUT2D eigenvalue weighted by Crippen LogP contribution is 2.48. The largest absolute Gasteiger partial charge is 0.353 e. The molecule has 2 fully saturated rings. The lowest BCUT2D eigenvalue weighted by molar-refractivity contribution is -0.142. The van der Waals surface area contributed by atoms with Gasteiger partial charge in [0, 0.05) is 37.4 Å². The topological polar surface area (TPSA) is 45.6 Å². The first kappa shape index (κ1) is 20.7. The van der Waals surface area contributed by atoms with Gasteiger partial charge in [-0.3, -0.25) is 9.59 Å². The maximum atomic E-state index is 13.3. The Morgan fingerprint density at radius 3 is 2.43 bits per heavy atom. The summed E-state index contributed by atoms with van der Waals surface area (Å²) in [6.45, 7) is 5.65. The summed E-state index contributed by atoms with van der Waals surface area (Å²) in [5.74, 6) is 0.857. The van der Waals surface area contributed by atoms with Crippen molar-refractivity contribution in [3.05, 3.63) is 59.9 Å². The van der Waals surface area contributed by atoms with Crippen LogP contribution in [0.25, 0.3) is 0 Å². The molecule has 2 saturated carbocycles. The molecule has 160 valence electrons. The summed E-state index contributed by atoms with van der Waals surface area (Å²) in [6.07, 6.45) is 5.03. The Morgan fingerprint density at radius 1 is 1.10 bits per heavy atom. The summed E-state index contributed by atoms with van der Waals surface area (Å²) >= 11 is 0. The highest BCUT2D eigenvalue weighted by molar-refractivity contribution is 5.88. The molecule has 5 nitrogen and oxygen atoms in total. The zero-order valence-corrected chi connectivity index (χ0v) is 18.3. The highest BCUT2D eigenvalue weighted by Gasteiger charge is 2.46. The molecule has 30 heavy (non-hydrogen) atoms. The SMILES string of the molecule is CC(C)CN(CC(=O)N(Cc1cccn1C)C1CC1)C(=O)[C@H]1C[C@H]1c1ccccc1. The molecule has 2 aliphatic rings. The fourth-order valence-corrected chi connectivity index (χ4v) is 4.34. The molecule has 2 aliphatic carbocycles. The molecule has 2 aromatic rings. The Balaban J connectivity index is 1.43. The Hall–Kier alpha value is -2.56. The van der Waals surface area contributed by atoms with Gasteiger partial charge in [-0.1, -0.05) is 44.2 Å². The summed E-state index contributed by atoms with van der Waals surface area (Å²) in [7, 11) is 2.01. The van der Waals surface area contributed by atoms with Crippen molar-refractivity contribution in [3.8, 4) is 0 Å². The van der Waals surface area contributed by atoms with Crippen molar-refractivity contribution >= 4 is 11.8 Å². The second-order valence-corrected chi connectivity index (χ2v) is 9.34.